The fourth-order valence-electron chi connectivity index (χ4n) is 1.96. The van der Waals surface area contributed by atoms with E-state index in [4.69, 9.17) is 9.47 Å². The molecule has 1 amide bonds. The second kappa shape index (κ2) is 8.82. The van der Waals surface area contributed by atoms with Gasteiger partial charge in [-0.2, -0.15) is 0 Å². The van der Waals surface area contributed by atoms with E-state index >= 15 is 0 Å². The molecule has 124 valence electrons. The van der Waals surface area contributed by atoms with Crippen molar-refractivity contribution in [2.45, 2.75) is 33.2 Å². The average molecular weight is 317 g/mol. The van der Waals surface area contributed by atoms with Crippen molar-refractivity contribution in [3.8, 4) is 11.5 Å². The summed E-state index contributed by atoms with van der Waals surface area (Å²) in [5.41, 5.74) is 1.39. The van der Waals surface area contributed by atoms with Gasteiger partial charge in [-0.25, -0.2) is 4.98 Å². The Labute approximate surface area is 136 Å². The van der Waals surface area contributed by atoms with Crippen LogP contribution in [-0.4, -0.2) is 29.1 Å². The second-order valence-corrected chi connectivity index (χ2v) is 5.12. The number of H-pyrrole nitrogens is 1. The molecule has 23 heavy (non-hydrogen) atoms. The molecule has 2 aromatic rings. The number of imidazole rings is 1. The molecule has 2 N–H and O–H groups in total. The van der Waals surface area contributed by atoms with Crippen LogP contribution in [0.2, 0.25) is 0 Å². The predicted molar refractivity (Wildman–Crippen MR) is 87.8 cm³/mol. The molecule has 6 nitrogen and oxygen atoms in total. The maximum atomic E-state index is 12.2. The van der Waals surface area contributed by atoms with Crippen molar-refractivity contribution >= 4 is 5.91 Å². The minimum absolute atomic E-state index is 0.164. The van der Waals surface area contributed by atoms with Gasteiger partial charge in [-0.15, -0.1) is 0 Å². The molecule has 0 saturated heterocycles. The first kappa shape index (κ1) is 16.9. The highest BCUT2D eigenvalue weighted by Crippen LogP contribution is 2.28. The van der Waals surface area contributed by atoms with E-state index in [1.54, 1.807) is 30.7 Å². The maximum absolute atomic E-state index is 12.2. The summed E-state index contributed by atoms with van der Waals surface area (Å²) < 4.78 is 11.4. The van der Waals surface area contributed by atoms with Crippen LogP contribution in [0, 0.1) is 0 Å². The summed E-state index contributed by atoms with van der Waals surface area (Å²) in [7, 11) is 0. The number of benzene rings is 1. The van der Waals surface area contributed by atoms with Crippen molar-refractivity contribution in [2.24, 2.45) is 0 Å². The fraction of sp³-hybridized carbons (Fsp3) is 0.412. The minimum atomic E-state index is -0.164. The van der Waals surface area contributed by atoms with E-state index in [2.05, 4.69) is 15.3 Å². The van der Waals surface area contributed by atoms with Gasteiger partial charge < -0.3 is 19.8 Å². The number of amides is 1. The molecule has 2 rings (SSSR count). The van der Waals surface area contributed by atoms with Gasteiger partial charge in [0.2, 0.25) is 0 Å². The first-order valence-electron chi connectivity index (χ1n) is 7.89. The van der Waals surface area contributed by atoms with Crippen molar-refractivity contribution in [3.63, 3.8) is 0 Å². The highest BCUT2D eigenvalue weighted by molar-refractivity contribution is 5.94. The molecule has 6 heteroatoms. The Bertz CT molecular complexity index is 612. The number of hydrogen-bond donors (Lipinski definition) is 2. The van der Waals surface area contributed by atoms with Crippen molar-refractivity contribution in [1.82, 2.24) is 15.3 Å². The van der Waals surface area contributed by atoms with Gasteiger partial charge in [0.25, 0.3) is 5.91 Å². The van der Waals surface area contributed by atoms with Crippen LogP contribution in [0.4, 0.5) is 0 Å². The van der Waals surface area contributed by atoms with Crippen LogP contribution in [0.3, 0.4) is 0 Å². The summed E-state index contributed by atoms with van der Waals surface area (Å²) in [6.07, 6.45) is 5.07. The van der Waals surface area contributed by atoms with Gasteiger partial charge in [0, 0.05) is 11.8 Å². The number of hydrogen-bond acceptors (Lipinski definition) is 4. The third-order valence-corrected chi connectivity index (χ3v) is 3.12. The van der Waals surface area contributed by atoms with Gasteiger partial charge in [0.05, 0.1) is 31.8 Å². The summed E-state index contributed by atoms with van der Waals surface area (Å²) in [6, 6.07) is 5.25. The lowest BCUT2D eigenvalue weighted by molar-refractivity contribution is 0.0950. The Kier molecular flexibility index (Phi) is 6.47. The molecule has 0 aliphatic heterocycles. The molecule has 0 saturated carbocycles. The number of nitrogens with zero attached hydrogens (tertiary/aromatic N) is 1. The summed E-state index contributed by atoms with van der Waals surface area (Å²) in [5, 5.41) is 2.84. The van der Waals surface area contributed by atoms with E-state index in [1.165, 1.54) is 0 Å². The summed E-state index contributed by atoms with van der Waals surface area (Å²) in [5.74, 6) is 1.11. The Balaban J connectivity index is 2.06. The maximum Gasteiger partial charge on any atom is 0.251 e. The smallest absolute Gasteiger partial charge is 0.251 e. The minimum Gasteiger partial charge on any atom is -0.490 e. The molecular formula is C17H23N3O3. The van der Waals surface area contributed by atoms with Crippen molar-refractivity contribution < 1.29 is 14.3 Å². The van der Waals surface area contributed by atoms with Crippen LogP contribution in [0.25, 0.3) is 0 Å². The van der Waals surface area contributed by atoms with Crippen LogP contribution in [-0.2, 0) is 6.54 Å². The SMILES string of the molecule is CCCOc1ccc(C(=O)NCc2cnc[nH]2)cc1OCCC. The Morgan fingerprint density at radius 3 is 2.57 bits per heavy atom. The normalized spacial score (nSPS) is 10.3. The van der Waals surface area contributed by atoms with Gasteiger partial charge >= 0.3 is 0 Å². The van der Waals surface area contributed by atoms with Crippen LogP contribution < -0.4 is 14.8 Å². The summed E-state index contributed by atoms with van der Waals surface area (Å²) in [6.45, 7) is 5.69. The molecular weight excluding hydrogens is 294 g/mol. The van der Waals surface area contributed by atoms with Crippen LogP contribution in [0.5, 0.6) is 11.5 Å². The van der Waals surface area contributed by atoms with Crippen LogP contribution >= 0.6 is 0 Å². The molecule has 0 aliphatic carbocycles. The lowest BCUT2D eigenvalue weighted by atomic mass is 10.2. The topological polar surface area (TPSA) is 76.2 Å². The second-order valence-electron chi connectivity index (χ2n) is 5.12. The van der Waals surface area contributed by atoms with Gasteiger partial charge in [-0.3, -0.25) is 4.79 Å². The molecule has 0 atom stereocenters. The van der Waals surface area contributed by atoms with Crippen LogP contribution in [0.1, 0.15) is 42.7 Å². The fourth-order valence-corrected chi connectivity index (χ4v) is 1.96. The van der Waals surface area contributed by atoms with Gasteiger partial charge in [-0.1, -0.05) is 13.8 Å². The van der Waals surface area contributed by atoms with Crippen molar-refractivity contribution in [1.29, 1.82) is 0 Å². The van der Waals surface area contributed by atoms with Crippen molar-refractivity contribution in [3.05, 3.63) is 42.0 Å². The van der Waals surface area contributed by atoms with Gasteiger partial charge in [0.15, 0.2) is 11.5 Å². The Morgan fingerprint density at radius 2 is 1.91 bits per heavy atom. The molecule has 1 heterocycles. The lowest BCUT2D eigenvalue weighted by Crippen LogP contribution is -2.23. The molecule has 0 bridgehead atoms. The molecule has 0 radical (unpaired) electrons. The van der Waals surface area contributed by atoms with E-state index in [0.29, 0.717) is 36.8 Å². The Morgan fingerprint density at radius 1 is 1.17 bits per heavy atom. The number of aromatic nitrogens is 2. The zero-order chi connectivity index (χ0) is 16.5. The number of nitrogens with one attached hydrogen (secondary N) is 2. The number of carbonyl (C=O) groups is 1. The first-order valence-corrected chi connectivity index (χ1v) is 7.89. The van der Waals surface area contributed by atoms with E-state index < -0.39 is 0 Å². The summed E-state index contributed by atoms with van der Waals surface area (Å²) in [4.78, 5) is 19.1. The zero-order valence-electron chi connectivity index (χ0n) is 13.6. The van der Waals surface area contributed by atoms with E-state index in [9.17, 15) is 4.79 Å². The average Bonchev–Trinajstić information content (AvgIpc) is 3.09. The van der Waals surface area contributed by atoms with E-state index in [-0.39, 0.29) is 5.91 Å². The standard InChI is InChI=1S/C17H23N3O3/c1-3-7-22-15-6-5-13(9-16(15)23-8-4-2)17(21)19-11-14-10-18-12-20-14/h5-6,9-10,12H,3-4,7-8,11H2,1-2H3,(H,18,20)(H,19,21). The van der Waals surface area contributed by atoms with Crippen molar-refractivity contribution in [2.75, 3.05) is 13.2 Å². The Hall–Kier alpha value is -2.50. The third-order valence-electron chi connectivity index (χ3n) is 3.12. The zero-order valence-corrected chi connectivity index (χ0v) is 13.6. The van der Waals surface area contributed by atoms with E-state index in [1.807, 2.05) is 13.8 Å². The molecule has 0 unspecified atom stereocenters. The predicted octanol–water partition coefficient (Wildman–Crippen LogP) is 2.92. The number of aromatic amines is 1. The molecule has 0 spiro atoms. The van der Waals surface area contributed by atoms with Gasteiger partial charge in [0.1, 0.15) is 0 Å². The highest BCUT2D eigenvalue weighted by atomic mass is 16.5. The third kappa shape index (κ3) is 5.02. The number of ether oxygens (including phenoxy) is 2. The molecule has 0 aliphatic rings. The highest BCUT2D eigenvalue weighted by Gasteiger charge is 2.12. The number of carbonyl (C=O) groups excluding carboxylic acids is 1. The van der Waals surface area contributed by atoms with Gasteiger partial charge in [-0.05, 0) is 31.0 Å². The summed E-state index contributed by atoms with van der Waals surface area (Å²) >= 11 is 0. The first-order chi connectivity index (χ1) is 11.2. The molecule has 1 aromatic carbocycles. The molecule has 1 aromatic heterocycles. The number of rotatable bonds is 9. The largest absolute Gasteiger partial charge is 0.490 e. The monoisotopic (exact) mass is 317 g/mol. The molecule has 0 fully saturated rings. The van der Waals surface area contributed by atoms with E-state index in [0.717, 1.165) is 18.5 Å². The quantitative estimate of drug-likeness (QED) is 0.745. The van der Waals surface area contributed by atoms with Crippen LogP contribution in [0.15, 0.2) is 30.7 Å². The lowest BCUT2D eigenvalue weighted by Gasteiger charge is -2.13.